The molecule has 0 aromatic heterocycles. The van der Waals surface area contributed by atoms with E-state index >= 15 is 0 Å². The van der Waals surface area contributed by atoms with Gasteiger partial charge in [-0.3, -0.25) is 4.79 Å². The predicted octanol–water partition coefficient (Wildman–Crippen LogP) is 2.44. The highest BCUT2D eigenvalue weighted by Gasteiger charge is 2.37. The van der Waals surface area contributed by atoms with Gasteiger partial charge in [-0.15, -0.1) is 0 Å². The van der Waals surface area contributed by atoms with Crippen LogP contribution in [-0.4, -0.2) is 11.4 Å². The van der Waals surface area contributed by atoms with Crippen LogP contribution in [-0.2, 0) is 4.79 Å². The molecule has 0 spiro atoms. The van der Waals surface area contributed by atoms with Crippen LogP contribution in [0.2, 0.25) is 0 Å². The van der Waals surface area contributed by atoms with Gasteiger partial charge in [-0.2, -0.15) is 0 Å². The van der Waals surface area contributed by atoms with Crippen LogP contribution < -0.4 is 4.74 Å². The molecule has 2 rings (SSSR count). The van der Waals surface area contributed by atoms with Gasteiger partial charge in [0, 0.05) is 11.1 Å². The quantitative estimate of drug-likeness (QED) is 0.584. The Bertz CT molecular complexity index is 416. The van der Waals surface area contributed by atoms with Crippen LogP contribution >= 0.6 is 0 Å². The van der Waals surface area contributed by atoms with Gasteiger partial charge < -0.3 is 4.74 Å². The van der Waals surface area contributed by atoms with E-state index in [9.17, 15) is 4.79 Å². The van der Waals surface area contributed by atoms with E-state index in [4.69, 9.17) is 4.74 Å². The Labute approximate surface area is 83.2 Å². The van der Waals surface area contributed by atoms with Crippen LogP contribution in [0.25, 0.3) is 5.57 Å². The van der Waals surface area contributed by atoms with Crippen molar-refractivity contribution in [3.63, 3.8) is 0 Å². The lowest BCUT2D eigenvalue weighted by molar-refractivity contribution is -0.126. The molecule has 0 saturated heterocycles. The number of carbonyl (C=O) groups is 1. The summed E-state index contributed by atoms with van der Waals surface area (Å²) in [6.45, 7) is 7.32. The molecule has 1 aromatic rings. The Balaban J connectivity index is 2.59. The zero-order chi connectivity index (χ0) is 10.3. The molecule has 2 heteroatoms. The first-order valence-electron chi connectivity index (χ1n) is 4.54. The lowest BCUT2D eigenvalue weighted by atomic mass is 9.89. The Hall–Kier alpha value is -1.57. The van der Waals surface area contributed by atoms with Gasteiger partial charge >= 0.3 is 0 Å². The molecular formula is C12H12O2. The van der Waals surface area contributed by atoms with Gasteiger partial charge in [0.05, 0.1) is 0 Å². The summed E-state index contributed by atoms with van der Waals surface area (Å²) < 4.78 is 5.59. The number of hydrogen-bond acceptors (Lipinski definition) is 2. The number of ether oxygens (including phenoxy) is 1. The first kappa shape index (κ1) is 9.00. The van der Waals surface area contributed by atoms with E-state index in [0.29, 0.717) is 5.57 Å². The molecule has 0 aliphatic carbocycles. The fraction of sp³-hybridized carbons (Fsp3) is 0.250. The highest BCUT2D eigenvalue weighted by molar-refractivity contribution is 6.25. The molecule has 1 aromatic carbocycles. The molecule has 0 saturated carbocycles. The molecule has 1 heterocycles. The minimum atomic E-state index is -0.786. The van der Waals surface area contributed by atoms with E-state index in [1.54, 1.807) is 13.8 Å². The van der Waals surface area contributed by atoms with Crippen LogP contribution in [0.5, 0.6) is 5.75 Å². The third kappa shape index (κ3) is 1.15. The molecular weight excluding hydrogens is 176 g/mol. The Morgan fingerprint density at radius 2 is 1.93 bits per heavy atom. The number of para-hydroxylation sites is 1. The summed E-state index contributed by atoms with van der Waals surface area (Å²) in [5.41, 5.74) is 0.555. The minimum Gasteiger partial charge on any atom is -0.479 e. The molecule has 72 valence electrons. The Kier molecular flexibility index (Phi) is 1.74. The van der Waals surface area contributed by atoms with E-state index in [-0.39, 0.29) is 5.78 Å². The summed E-state index contributed by atoms with van der Waals surface area (Å²) in [4.78, 5) is 11.8. The van der Waals surface area contributed by atoms with Crippen molar-refractivity contribution in [3.05, 3.63) is 36.4 Å². The normalized spacial score (nSPS) is 18.7. The molecule has 0 unspecified atom stereocenters. The van der Waals surface area contributed by atoms with Crippen molar-refractivity contribution in [1.82, 2.24) is 0 Å². The van der Waals surface area contributed by atoms with E-state index in [0.717, 1.165) is 11.3 Å². The standard InChI is InChI=1S/C12H12O2/c1-8-9-6-4-5-7-10(9)14-12(2,3)11(8)13/h4-7H,1H2,2-3H3. The van der Waals surface area contributed by atoms with Gasteiger partial charge in [-0.1, -0.05) is 24.8 Å². The maximum Gasteiger partial charge on any atom is 0.205 e. The van der Waals surface area contributed by atoms with Crippen molar-refractivity contribution in [2.24, 2.45) is 0 Å². The van der Waals surface area contributed by atoms with Crippen molar-refractivity contribution >= 4 is 11.4 Å². The summed E-state index contributed by atoms with van der Waals surface area (Å²) in [5, 5.41) is 0. The van der Waals surface area contributed by atoms with Gasteiger partial charge in [0.15, 0.2) is 5.60 Å². The monoisotopic (exact) mass is 188 g/mol. The summed E-state index contributed by atoms with van der Waals surface area (Å²) in [6.07, 6.45) is 0. The Morgan fingerprint density at radius 1 is 1.29 bits per heavy atom. The number of fused-ring (bicyclic) bond motifs is 1. The SMILES string of the molecule is C=C1C(=O)C(C)(C)Oc2ccccc21. The number of hydrogen-bond donors (Lipinski definition) is 0. The van der Waals surface area contributed by atoms with Crippen LogP contribution in [0.1, 0.15) is 19.4 Å². The topological polar surface area (TPSA) is 26.3 Å². The highest BCUT2D eigenvalue weighted by atomic mass is 16.5. The van der Waals surface area contributed by atoms with Crippen molar-refractivity contribution in [2.75, 3.05) is 0 Å². The zero-order valence-corrected chi connectivity index (χ0v) is 8.33. The third-order valence-electron chi connectivity index (χ3n) is 2.40. The zero-order valence-electron chi connectivity index (χ0n) is 8.33. The number of benzene rings is 1. The smallest absolute Gasteiger partial charge is 0.205 e. The van der Waals surface area contributed by atoms with Gasteiger partial charge in [0.2, 0.25) is 5.78 Å². The van der Waals surface area contributed by atoms with Crippen LogP contribution in [0.4, 0.5) is 0 Å². The molecule has 0 radical (unpaired) electrons. The third-order valence-corrected chi connectivity index (χ3v) is 2.40. The largest absolute Gasteiger partial charge is 0.479 e. The van der Waals surface area contributed by atoms with Crippen LogP contribution in [0.15, 0.2) is 30.8 Å². The average Bonchev–Trinajstić information content (AvgIpc) is 2.14. The molecule has 0 atom stereocenters. The summed E-state index contributed by atoms with van der Waals surface area (Å²) in [7, 11) is 0. The maximum absolute atomic E-state index is 11.8. The molecule has 1 aliphatic heterocycles. The van der Waals surface area contributed by atoms with Crippen molar-refractivity contribution in [1.29, 1.82) is 0 Å². The first-order valence-corrected chi connectivity index (χ1v) is 4.54. The van der Waals surface area contributed by atoms with Gasteiger partial charge in [-0.25, -0.2) is 0 Å². The lowest BCUT2D eigenvalue weighted by Gasteiger charge is -2.32. The van der Waals surface area contributed by atoms with Crippen LogP contribution in [0.3, 0.4) is 0 Å². The second-order valence-corrected chi connectivity index (χ2v) is 3.92. The van der Waals surface area contributed by atoms with E-state index in [2.05, 4.69) is 6.58 Å². The van der Waals surface area contributed by atoms with Crippen molar-refractivity contribution in [3.8, 4) is 5.75 Å². The minimum absolute atomic E-state index is 0.0452. The first-order chi connectivity index (χ1) is 6.52. The van der Waals surface area contributed by atoms with E-state index < -0.39 is 5.60 Å². The fourth-order valence-corrected chi connectivity index (χ4v) is 1.61. The van der Waals surface area contributed by atoms with Gasteiger partial charge in [0.1, 0.15) is 5.75 Å². The fourth-order valence-electron chi connectivity index (χ4n) is 1.61. The van der Waals surface area contributed by atoms with Crippen molar-refractivity contribution in [2.45, 2.75) is 19.4 Å². The van der Waals surface area contributed by atoms with Gasteiger partial charge in [-0.05, 0) is 19.9 Å². The van der Waals surface area contributed by atoms with E-state index in [1.807, 2.05) is 24.3 Å². The molecule has 1 aliphatic rings. The highest BCUT2D eigenvalue weighted by Crippen LogP contribution is 2.36. The second kappa shape index (κ2) is 2.71. The van der Waals surface area contributed by atoms with E-state index in [1.165, 1.54) is 0 Å². The number of ketones is 1. The predicted molar refractivity (Wildman–Crippen MR) is 55.2 cm³/mol. The summed E-state index contributed by atoms with van der Waals surface area (Å²) in [5.74, 6) is 0.693. The maximum atomic E-state index is 11.8. The number of rotatable bonds is 0. The summed E-state index contributed by atoms with van der Waals surface area (Å²) in [6, 6.07) is 7.47. The summed E-state index contributed by atoms with van der Waals surface area (Å²) >= 11 is 0. The molecule has 14 heavy (non-hydrogen) atoms. The second-order valence-electron chi connectivity index (χ2n) is 3.92. The number of carbonyl (C=O) groups excluding carboxylic acids is 1. The molecule has 0 N–H and O–H groups in total. The molecule has 0 bridgehead atoms. The lowest BCUT2D eigenvalue weighted by Crippen LogP contribution is -2.41. The number of Topliss-reactive ketones (excluding diaryl/α,β-unsaturated/α-hetero) is 1. The van der Waals surface area contributed by atoms with Crippen molar-refractivity contribution < 1.29 is 9.53 Å². The van der Waals surface area contributed by atoms with Crippen LogP contribution in [0, 0.1) is 0 Å². The Morgan fingerprint density at radius 3 is 2.64 bits per heavy atom. The molecule has 0 amide bonds. The van der Waals surface area contributed by atoms with Gasteiger partial charge in [0.25, 0.3) is 0 Å². The molecule has 2 nitrogen and oxygen atoms in total. The molecule has 0 fully saturated rings. The average molecular weight is 188 g/mol.